The molecule has 0 fully saturated rings. The molecule has 0 bridgehead atoms. The minimum absolute atomic E-state index is 0.180. The Morgan fingerprint density at radius 1 is 0.867 bits per heavy atom. The van der Waals surface area contributed by atoms with Crippen LogP contribution in [0.25, 0.3) is 16.8 Å². The Kier molecular flexibility index (Phi) is 4.03. The summed E-state index contributed by atoms with van der Waals surface area (Å²) in [5.41, 5.74) is 2.67. The van der Waals surface area contributed by atoms with E-state index in [4.69, 9.17) is 4.84 Å². The highest BCUT2D eigenvalue weighted by Gasteiger charge is 2.39. The van der Waals surface area contributed by atoms with Gasteiger partial charge in [-0.1, -0.05) is 35.4 Å². The van der Waals surface area contributed by atoms with Crippen molar-refractivity contribution < 1.29 is 19.2 Å². The highest BCUT2D eigenvalue weighted by atomic mass is 16.7. The first-order valence-electron chi connectivity index (χ1n) is 9.11. The molecule has 146 valence electrons. The number of amides is 2. The first kappa shape index (κ1) is 17.6. The van der Waals surface area contributed by atoms with Crippen molar-refractivity contribution in [3.63, 3.8) is 0 Å². The van der Waals surface area contributed by atoms with Gasteiger partial charge >= 0.3 is 5.97 Å². The van der Waals surface area contributed by atoms with Crippen LogP contribution in [-0.4, -0.2) is 37.6 Å². The van der Waals surface area contributed by atoms with Gasteiger partial charge in [-0.2, -0.15) is 5.10 Å². The van der Waals surface area contributed by atoms with Crippen LogP contribution in [0.3, 0.4) is 0 Å². The first-order chi connectivity index (χ1) is 14.6. The third-order valence-electron chi connectivity index (χ3n) is 4.81. The molecular weight excluding hydrogens is 384 g/mol. The fourth-order valence-corrected chi connectivity index (χ4v) is 3.34. The number of nitrogens with one attached hydrogen (secondary N) is 1. The number of hydroxylamine groups is 2. The molecule has 1 aliphatic heterocycles. The number of hydrogen-bond acceptors (Lipinski definition) is 5. The molecule has 1 N–H and O–H groups in total. The van der Waals surface area contributed by atoms with Crippen LogP contribution in [-0.2, 0) is 4.84 Å². The largest absolute Gasteiger partial charge is 0.366 e. The van der Waals surface area contributed by atoms with Gasteiger partial charge in [0.2, 0.25) is 0 Å². The van der Waals surface area contributed by atoms with Gasteiger partial charge in [0.05, 0.1) is 28.6 Å². The van der Waals surface area contributed by atoms with Crippen LogP contribution in [0.1, 0.15) is 31.1 Å². The van der Waals surface area contributed by atoms with Crippen LogP contribution >= 0.6 is 0 Å². The Hall–Kier alpha value is -4.46. The van der Waals surface area contributed by atoms with Crippen LogP contribution in [0.4, 0.5) is 0 Å². The topological polar surface area (TPSA) is 97.3 Å². The highest BCUT2D eigenvalue weighted by molar-refractivity contribution is 6.21. The van der Waals surface area contributed by atoms with E-state index < -0.39 is 17.8 Å². The van der Waals surface area contributed by atoms with Gasteiger partial charge in [-0.15, -0.1) is 0 Å². The van der Waals surface area contributed by atoms with Crippen molar-refractivity contribution in [2.45, 2.75) is 0 Å². The summed E-state index contributed by atoms with van der Waals surface area (Å²) in [5.74, 6) is -2.16. The molecule has 8 heteroatoms. The van der Waals surface area contributed by atoms with Gasteiger partial charge in [-0.3, -0.25) is 9.59 Å². The number of carbonyl (C=O) groups excluding carboxylic acids is 3. The van der Waals surface area contributed by atoms with Gasteiger partial charge in [0, 0.05) is 29.7 Å². The molecule has 0 radical (unpaired) electrons. The monoisotopic (exact) mass is 398 g/mol. The normalized spacial score (nSPS) is 12.9. The minimum Gasteiger partial charge on any atom is -0.366 e. The van der Waals surface area contributed by atoms with Gasteiger partial charge in [-0.25, -0.2) is 9.48 Å². The molecule has 1 aliphatic rings. The summed E-state index contributed by atoms with van der Waals surface area (Å²) in [5, 5.41) is 4.83. The number of rotatable bonds is 4. The average molecular weight is 398 g/mol. The second-order valence-electron chi connectivity index (χ2n) is 6.62. The van der Waals surface area contributed by atoms with Crippen LogP contribution in [0.15, 0.2) is 79.4 Å². The Morgan fingerprint density at radius 3 is 2.23 bits per heavy atom. The predicted molar refractivity (Wildman–Crippen MR) is 106 cm³/mol. The van der Waals surface area contributed by atoms with E-state index in [0.717, 1.165) is 5.69 Å². The number of para-hydroxylation sites is 1. The van der Waals surface area contributed by atoms with E-state index in [0.29, 0.717) is 16.2 Å². The van der Waals surface area contributed by atoms with Crippen molar-refractivity contribution >= 4 is 17.8 Å². The van der Waals surface area contributed by atoms with Crippen molar-refractivity contribution in [1.82, 2.24) is 19.8 Å². The van der Waals surface area contributed by atoms with Gasteiger partial charge in [0.25, 0.3) is 11.8 Å². The summed E-state index contributed by atoms with van der Waals surface area (Å²) in [7, 11) is 0. The standard InChI is InChI=1S/C22H14N4O4/c27-20-16-8-4-5-9-17(16)21(28)26(20)30-22(29)19-12-23-11-18(19)14-10-24-25(13-14)15-6-2-1-3-7-15/h1-13,23H. The van der Waals surface area contributed by atoms with Crippen molar-refractivity contribution in [2.75, 3.05) is 0 Å². The molecule has 0 aliphatic carbocycles. The molecule has 0 atom stereocenters. The van der Waals surface area contributed by atoms with Crippen molar-refractivity contribution in [1.29, 1.82) is 0 Å². The van der Waals surface area contributed by atoms with Crippen LogP contribution < -0.4 is 0 Å². The summed E-state index contributed by atoms with van der Waals surface area (Å²) < 4.78 is 1.68. The molecule has 3 heterocycles. The molecule has 0 unspecified atom stereocenters. The summed E-state index contributed by atoms with van der Waals surface area (Å²) in [6.07, 6.45) is 6.48. The number of H-pyrrole nitrogens is 1. The minimum atomic E-state index is -0.826. The van der Waals surface area contributed by atoms with Gasteiger partial charge in [0.1, 0.15) is 0 Å². The predicted octanol–water partition coefficient (Wildman–Crippen LogP) is 3.24. The SMILES string of the molecule is O=C(ON1C(=O)c2ccccc2C1=O)c1c[nH]cc1-c1cnn(-c2ccccc2)c1. The molecule has 0 saturated carbocycles. The van der Waals surface area contributed by atoms with E-state index in [1.165, 1.54) is 18.3 Å². The molecule has 2 aromatic heterocycles. The zero-order chi connectivity index (χ0) is 20.7. The molecule has 5 rings (SSSR count). The summed E-state index contributed by atoms with van der Waals surface area (Å²) >= 11 is 0. The van der Waals surface area contributed by atoms with E-state index in [2.05, 4.69) is 10.1 Å². The molecule has 2 amide bonds. The Bertz CT molecular complexity index is 1250. The maximum Gasteiger partial charge on any atom is 0.366 e. The highest BCUT2D eigenvalue weighted by Crippen LogP contribution is 2.27. The lowest BCUT2D eigenvalue weighted by molar-refractivity contribution is -0.0583. The zero-order valence-electron chi connectivity index (χ0n) is 15.5. The molecule has 2 aromatic carbocycles. The quantitative estimate of drug-likeness (QED) is 0.532. The number of aromatic amines is 1. The van der Waals surface area contributed by atoms with Crippen LogP contribution in [0, 0.1) is 0 Å². The third kappa shape index (κ3) is 2.78. The first-order valence-corrected chi connectivity index (χ1v) is 9.11. The molecule has 30 heavy (non-hydrogen) atoms. The van der Waals surface area contributed by atoms with Gasteiger partial charge < -0.3 is 9.82 Å². The Balaban J connectivity index is 1.41. The number of aromatic nitrogens is 3. The third-order valence-corrected chi connectivity index (χ3v) is 4.81. The molecular formula is C22H14N4O4. The lowest BCUT2D eigenvalue weighted by Crippen LogP contribution is -2.32. The molecule has 0 spiro atoms. The second kappa shape index (κ2) is 6.85. The summed E-state index contributed by atoms with van der Waals surface area (Å²) in [4.78, 5) is 45.7. The fraction of sp³-hybridized carbons (Fsp3) is 0. The maximum atomic E-state index is 12.8. The van der Waals surface area contributed by atoms with Crippen LogP contribution in [0.5, 0.6) is 0 Å². The zero-order valence-corrected chi connectivity index (χ0v) is 15.5. The number of carbonyl (C=O) groups is 3. The summed E-state index contributed by atoms with van der Waals surface area (Å²) in [6.45, 7) is 0. The lowest BCUT2D eigenvalue weighted by atomic mass is 10.1. The van der Waals surface area contributed by atoms with Crippen LogP contribution in [0.2, 0.25) is 0 Å². The van der Waals surface area contributed by atoms with Gasteiger partial charge in [-0.05, 0) is 24.3 Å². The van der Waals surface area contributed by atoms with E-state index in [-0.39, 0.29) is 16.7 Å². The molecule has 4 aromatic rings. The van der Waals surface area contributed by atoms with E-state index >= 15 is 0 Å². The Labute approximate surface area is 170 Å². The number of benzene rings is 2. The number of fused-ring (bicyclic) bond motifs is 1. The maximum absolute atomic E-state index is 12.8. The number of nitrogens with zero attached hydrogens (tertiary/aromatic N) is 3. The summed E-state index contributed by atoms with van der Waals surface area (Å²) in [6, 6.07) is 15.8. The Morgan fingerprint density at radius 2 is 1.53 bits per heavy atom. The second-order valence-corrected chi connectivity index (χ2v) is 6.62. The smallest absolute Gasteiger partial charge is 0.366 e. The van der Waals surface area contributed by atoms with Crippen molar-refractivity contribution in [2.24, 2.45) is 0 Å². The van der Waals surface area contributed by atoms with E-state index in [1.807, 2.05) is 30.3 Å². The number of imide groups is 1. The molecule has 8 nitrogen and oxygen atoms in total. The number of hydrogen-bond donors (Lipinski definition) is 1. The molecule has 0 saturated heterocycles. The van der Waals surface area contributed by atoms with Crippen molar-refractivity contribution in [3.05, 3.63) is 96.1 Å². The van der Waals surface area contributed by atoms with E-state index in [9.17, 15) is 14.4 Å². The lowest BCUT2D eigenvalue weighted by Gasteiger charge is -2.12. The fourth-order valence-electron chi connectivity index (χ4n) is 3.34. The van der Waals surface area contributed by atoms with Crippen molar-refractivity contribution in [3.8, 4) is 16.8 Å². The van der Waals surface area contributed by atoms with Gasteiger partial charge in [0.15, 0.2) is 0 Å². The van der Waals surface area contributed by atoms with E-state index in [1.54, 1.807) is 35.4 Å². The average Bonchev–Trinajstić information content (AvgIpc) is 3.50.